The van der Waals surface area contributed by atoms with Gasteiger partial charge in [-0.25, -0.2) is 12.8 Å². The quantitative estimate of drug-likeness (QED) is 0.671. The fraction of sp³-hybridized carbons (Fsp3) is 0.417. The Morgan fingerprint density at radius 3 is 2.15 bits per heavy atom. The Bertz CT molecular complexity index is 1120. The molecule has 2 aliphatic heterocycles. The summed E-state index contributed by atoms with van der Waals surface area (Å²) < 4.78 is 40.9. The van der Waals surface area contributed by atoms with Gasteiger partial charge in [0.2, 0.25) is 15.9 Å². The normalized spacial score (nSPS) is 19.7. The molecular formula is C24H27FN4O3S. The van der Waals surface area contributed by atoms with E-state index in [1.807, 2.05) is 35.2 Å². The third-order valence-electron chi connectivity index (χ3n) is 6.49. The first kappa shape index (κ1) is 23.4. The molecule has 0 saturated carbocycles. The van der Waals surface area contributed by atoms with Gasteiger partial charge < -0.3 is 4.90 Å². The third-order valence-corrected chi connectivity index (χ3v) is 8.42. The highest BCUT2D eigenvalue weighted by Gasteiger charge is 2.36. The van der Waals surface area contributed by atoms with Crippen molar-refractivity contribution in [3.63, 3.8) is 0 Å². The van der Waals surface area contributed by atoms with Crippen molar-refractivity contribution < 1.29 is 17.6 Å². The van der Waals surface area contributed by atoms with Crippen LogP contribution in [0.2, 0.25) is 0 Å². The summed E-state index contributed by atoms with van der Waals surface area (Å²) in [5, 5.41) is 9.65. The van der Waals surface area contributed by atoms with Crippen molar-refractivity contribution in [3.8, 4) is 6.07 Å². The van der Waals surface area contributed by atoms with Gasteiger partial charge in [0.25, 0.3) is 0 Å². The lowest BCUT2D eigenvalue weighted by atomic mass is 9.96. The van der Waals surface area contributed by atoms with E-state index in [-0.39, 0.29) is 35.9 Å². The lowest BCUT2D eigenvalue weighted by molar-refractivity contribution is -0.138. The van der Waals surface area contributed by atoms with E-state index in [0.717, 1.165) is 11.6 Å². The molecule has 0 spiro atoms. The standard InChI is InChI=1S/C24H27FN4O3S/c25-21-8-4-5-9-23(21)33(31,32)29-12-10-20(11-13-29)24(30)28-16-14-27(15-17-28)22(18-26)19-6-2-1-3-7-19/h1-9,20,22H,10-17H2/t22-/m0/s1. The van der Waals surface area contributed by atoms with Crippen LogP contribution in [0.25, 0.3) is 0 Å². The molecule has 0 unspecified atom stereocenters. The van der Waals surface area contributed by atoms with Crippen molar-refractivity contribution in [1.29, 1.82) is 5.26 Å². The second-order valence-corrected chi connectivity index (χ2v) is 10.3. The molecule has 7 nitrogen and oxygen atoms in total. The lowest BCUT2D eigenvalue weighted by Crippen LogP contribution is -2.52. The number of rotatable bonds is 5. The number of hydrogen-bond acceptors (Lipinski definition) is 5. The SMILES string of the molecule is N#C[C@@H](c1ccccc1)N1CCN(C(=O)C2CCN(S(=O)(=O)c3ccccc3F)CC2)CC1. The molecular weight excluding hydrogens is 443 g/mol. The number of piperidine rings is 1. The van der Waals surface area contributed by atoms with E-state index in [2.05, 4.69) is 11.0 Å². The Labute approximate surface area is 194 Å². The Balaban J connectivity index is 1.32. The minimum atomic E-state index is -3.92. The number of piperazine rings is 1. The summed E-state index contributed by atoms with van der Waals surface area (Å²) in [6.07, 6.45) is 0.829. The molecule has 2 heterocycles. The number of benzene rings is 2. The molecule has 1 amide bonds. The Morgan fingerprint density at radius 2 is 1.55 bits per heavy atom. The Hall–Kier alpha value is -2.80. The smallest absolute Gasteiger partial charge is 0.245 e. The molecule has 2 fully saturated rings. The molecule has 9 heteroatoms. The average Bonchev–Trinajstić information content (AvgIpc) is 2.85. The first-order valence-corrected chi connectivity index (χ1v) is 12.6. The predicted molar refractivity (Wildman–Crippen MR) is 121 cm³/mol. The van der Waals surface area contributed by atoms with Gasteiger partial charge in [0.1, 0.15) is 16.8 Å². The molecule has 0 bridgehead atoms. The number of amides is 1. The first-order valence-electron chi connectivity index (χ1n) is 11.1. The number of carbonyl (C=O) groups is 1. The van der Waals surface area contributed by atoms with Gasteiger partial charge in [-0.1, -0.05) is 42.5 Å². The van der Waals surface area contributed by atoms with Crippen LogP contribution in [-0.2, 0) is 14.8 Å². The number of nitriles is 1. The van der Waals surface area contributed by atoms with Crippen LogP contribution < -0.4 is 0 Å². The summed E-state index contributed by atoms with van der Waals surface area (Å²) in [4.78, 5) is 16.6. The van der Waals surface area contributed by atoms with Gasteiger partial charge in [-0.2, -0.15) is 9.57 Å². The van der Waals surface area contributed by atoms with E-state index in [4.69, 9.17) is 0 Å². The van der Waals surface area contributed by atoms with Crippen LogP contribution >= 0.6 is 0 Å². The Kier molecular flexibility index (Phi) is 7.08. The van der Waals surface area contributed by atoms with Crippen molar-refractivity contribution in [1.82, 2.24) is 14.1 Å². The van der Waals surface area contributed by atoms with Crippen molar-refractivity contribution in [2.45, 2.75) is 23.8 Å². The van der Waals surface area contributed by atoms with Gasteiger partial charge in [0.15, 0.2) is 0 Å². The molecule has 33 heavy (non-hydrogen) atoms. The highest BCUT2D eigenvalue weighted by molar-refractivity contribution is 7.89. The summed E-state index contributed by atoms with van der Waals surface area (Å²) in [5.41, 5.74) is 0.947. The van der Waals surface area contributed by atoms with Gasteiger partial charge in [0.05, 0.1) is 6.07 Å². The number of halogens is 1. The third kappa shape index (κ3) is 4.93. The summed E-state index contributed by atoms with van der Waals surface area (Å²) >= 11 is 0. The fourth-order valence-electron chi connectivity index (χ4n) is 4.60. The van der Waals surface area contributed by atoms with Crippen molar-refractivity contribution in [2.75, 3.05) is 39.3 Å². The van der Waals surface area contributed by atoms with Crippen molar-refractivity contribution in [2.24, 2.45) is 5.92 Å². The summed E-state index contributed by atoms with van der Waals surface area (Å²) in [5.74, 6) is -0.977. The van der Waals surface area contributed by atoms with Gasteiger partial charge in [-0.15, -0.1) is 0 Å². The molecule has 2 aromatic carbocycles. The highest BCUT2D eigenvalue weighted by Crippen LogP contribution is 2.27. The maximum Gasteiger partial charge on any atom is 0.245 e. The van der Waals surface area contributed by atoms with Crippen LogP contribution in [0.3, 0.4) is 0 Å². The lowest BCUT2D eigenvalue weighted by Gasteiger charge is -2.39. The molecule has 1 atom stereocenters. The molecule has 2 aromatic rings. The maximum absolute atomic E-state index is 14.0. The van der Waals surface area contributed by atoms with E-state index in [1.54, 1.807) is 0 Å². The topological polar surface area (TPSA) is 84.7 Å². The fourth-order valence-corrected chi connectivity index (χ4v) is 6.13. The largest absolute Gasteiger partial charge is 0.340 e. The monoisotopic (exact) mass is 470 g/mol. The van der Waals surface area contributed by atoms with E-state index < -0.39 is 15.8 Å². The van der Waals surface area contributed by atoms with E-state index in [1.165, 1.54) is 22.5 Å². The van der Waals surface area contributed by atoms with Crippen molar-refractivity contribution in [3.05, 3.63) is 66.0 Å². The zero-order chi connectivity index (χ0) is 23.4. The van der Waals surface area contributed by atoms with E-state index in [0.29, 0.717) is 39.0 Å². The minimum absolute atomic E-state index is 0.0332. The average molecular weight is 471 g/mol. The molecule has 0 radical (unpaired) electrons. The molecule has 0 aliphatic carbocycles. The number of sulfonamides is 1. The molecule has 2 saturated heterocycles. The van der Waals surface area contributed by atoms with Gasteiger partial charge in [-0.05, 0) is 30.5 Å². The summed E-state index contributed by atoms with van der Waals surface area (Å²) in [6.45, 7) is 2.68. The van der Waals surface area contributed by atoms with Gasteiger partial charge in [-0.3, -0.25) is 9.69 Å². The van der Waals surface area contributed by atoms with E-state index >= 15 is 0 Å². The first-order chi connectivity index (χ1) is 15.9. The second kappa shape index (κ2) is 10.00. The summed E-state index contributed by atoms with van der Waals surface area (Å²) in [7, 11) is -3.92. The number of carbonyl (C=O) groups excluding carboxylic acids is 1. The number of nitrogens with zero attached hydrogens (tertiary/aromatic N) is 4. The molecule has 2 aliphatic rings. The minimum Gasteiger partial charge on any atom is -0.340 e. The van der Waals surface area contributed by atoms with Crippen LogP contribution in [0.5, 0.6) is 0 Å². The Morgan fingerprint density at radius 1 is 0.939 bits per heavy atom. The van der Waals surface area contributed by atoms with Crippen LogP contribution in [-0.4, -0.2) is 67.7 Å². The van der Waals surface area contributed by atoms with E-state index in [9.17, 15) is 22.9 Å². The maximum atomic E-state index is 14.0. The highest BCUT2D eigenvalue weighted by atomic mass is 32.2. The van der Waals surface area contributed by atoms with Crippen LogP contribution in [0.1, 0.15) is 24.4 Å². The van der Waals surface area contributed by atoms with Crippen LogP contribution in [0.4, 0.5) is 4.39 Å². The summed E-state index contributed by atoms with van der Waals surface area (Å²) in [6, 6.07) is 17.0. The molecule has 174 valence electrons. The van der Waals surface area contributed by atoms with Crippen LogP contribution in [0, 0.1) is 23.1 Å². The van der Waals surface area contributed by atoms with Crippen molar-refractivity contribution >= 4 is 15.9 Å². The molecule has 4 rings (SSSR count). The predicted octanol–water partition coefficient (Wildman–Crippen LogP) is 2.64. The van der Waals surface area contributed by atoms with Crippen LogP contribution in [0.15, 0.2) is 59.5 Å². The van der Waals surface area contributed by atoms with Gasteiger partial charge >= 0.3 is 0 Å². The second-order valence-electron chi connectivity index (χ2n) is 8.41. The number of hydrogen-bond donors (Lipinski definition) is 0. The van der Waals surface area contributed by atoms with Gasteiger partial charge in [0, 0.05) is 45.2 Å². The zero-order valence-electron chi connectivity index (χ0n) is 18.3. The molecule has 0 aromatic heterocycles. The molecule has 0 N–H and O–H groups in total. The zero-order valence-corrected chi connectivity index (χ0v) is 19.1.